The van der Waals surface area contributed by atoms with Gasteiger partial charge in [-0.3, -0.25) is 9.59 Å². The van der Waals surface area contributed by atoms with E-state index in [9.17, 15) is 9.59 Å². The van der Waals surface area contributed by atoms with Crippen molar-refractivity contribution in [1.29, 1.82) is 0 Å². The highest BCUT2D eigenvalue weighted by molar-refractivity contribution is 6.31. The molecule has 3 N–H and O–H groups in total. The maximum atomic E-state index is 12.4. The van der Waals surface area contributed by atoms with Gasteiger partial charge in [0.2, 0.25) is 5.91 Å². The van der Waals surface area contributed by atoms with E-state index in [-0.39, 0.29) is 37.2 Å². The van der Waals surface area contributed by atoms with Crippen LogP contribution < -0.4 is 16.0 Å². The summed E-state index contributed by atoms with van der Waals surface area (Å²) >= 11 is 6.03. The topological polar surface area (TPSA) is 79.5 Å². The van der Waals surface area contributed by atoms with Gasteiger partial charge in [-0.2, -0.15) is 0 Å². The van der Waals surface area contributed by atoms with E-state index in [0.717, 1.165) is 18.7 Å². The predicted octanol–water partition coefficient (Wildman–Crippen LogP) is 2.28. The molecule has 0 saturated carbocycles. The lowest BCUT2D eigenvalue weighted by Gasteiger charge is -2.34. The minimum absolute atomic E-state index is 0. The molecule has 0 unspecified atom stereocenters. The summed E-state index contributed by atoms with van der Waals surface area (Å²) in [6.07, 6.45) is 1.45. The summed E-state index contributed by atoms with van der Waals surface area (Å²) < 4.78 is 5.46. The molecular weight excluding hydrogens is 365 g/mol. The highest BCUT2D eigenvalue weighted by Gasteiger charge is 2.39. The molecule has 1 saturated heterocycles. The third kappa shape index (κ3) is 5.57. The lowest BCUT2D eigenvalue weighted by molar-refractivity contribution is -0.146. The van der Waals surface area contributed by atoms with Gasteiger partial charge in [-0.1, -0.05) is 17.7 Å². The molecular formula is C17H25Cl2N3O3. The molecule has 1 aliphatic heterocycles. The average molecular weight is 390 g/mol. The molecule has 1 aromatic rings. The van der Waals surface area contributed by atoms with Gasteiger partial charge in [-0.15, -0.1) is 12.4 Å². The molecule has 8 heteroatoms. The standard InChI is InChI=1S/C17H24ClN3O3.ClH/c1-12-13(18)4-3-5-14(12)21-15(22)6-9-20-16(23)17(24-2)7-10-19-11-8-17;/h3-5,19H,6-11H2,1-2H3,(H,20,23)(H,21,22);1H. The molecule has 1 fully saturated rings. The average Bonchev–Trinajstić information content (AvgIpc) is 2.59. The number of methoxy groups -OCH3 is 1. The van der Waals surface area contributed by atoms with Crippen molar-refractivity contribution in [2.24, 2.45) is 0 Å². The van der Waals surface area contributed by atoms with Gasteiger partial charge in [-0.25, -0.2) is 0 Å². The van der Waals surface area contributed by atoms with Crippen LogP contribution in [0.5, 0.6) is 0 Å². The molecule has 0 aliphatic carbocycles. The van der Waals surface area contributed by atoms with Crippen molar-refractivity contribution in [3.63, 3.8) is 0 Å². The van der Waals surface area contributed by atoms with Crippen LogP contribution in [0.2, 0.25) is 5.02 Å². The zero-order valence-electron chi connectivity index (χ0n) is 14.5. The van der Waals surface area contributed by atoms with Gasteiger partial charge in [-0.05, 0) is 50.6 Å². The quantitative estimate of drug-likeness (QED) is 0.697. The Labute approximate surface area is 159 Å². The first-order valence-electron chi connectivity index (χ1n) is 8.07. The van der Waals surface area contributed by atoms with Crippen molar-refractivity contribution >= 4 is 41.5 Å². The second-order valence-electron chi connectivity index (χ2n) is 5.91. The number of rotatable bonds is 6. The Morgan fingerprint density at radius 2 is 2.00 bits per heavy atom. The summed E-state index contributed by atoms with van der Waals surface area (Å²) in [5, 5.41) is 9.43. The molecule has 140 valence electrons. The number of nitrogens with one attached hydrogen (secondary N) is 3. The van der Waals surface area contributed by atoms with E-state index in [1.54, 1.807) is 25.3 Å². The van der Waals surface area contributed by atoms with E-state index in [0.29, 0.717) is 23.6 Å². The maximum Gasteiger partial charge on any atom is 0.252 e. The Hall–Kier alpha value is -1.34. The van der Waals surface area contributed by atoms with Crippen LogP contribution in [0.1, 0.15) is 24.8 Å². The van der Waals surface area contributed by atoms with Crippen molar-refractivity contribution in [1.82, 2.24) is 10.6 Å². The number of anilines is 1. The van der Waals surface area contributed by atoms with Crippen LogP contribution >= 0.6 is 24.0 Å². The Balaban J connectivity index is 0.00000312. The lowest BCUT2D eigenvalue weighted by atomic mass is 9.91. The first-order chi connectivity index (χ1) is 11.5. The molecule has 25 heavy (non-hydrogen) atoms. The molecule has 0 radical (unpaired) electrons. The zero-order chi connectivity index (χ0) is 17.6. The van der Waals surface area contributed by atoms with Crippen LogP contribution in [0, 0.1) is 6.92 Å². The molecule has 1 aromatic carbocycles. The molecule has 0 aromatic heterocycles. The minimum atomic E-state index is -0.786. The Morgan fingerprint density at radius 3 is 2.64 bits per heavy atom. The van der Waals surface area contributed by atoms with Crippen molar-refractivity contribution in [2.75, 3.05) is 32.1 Å². The molecule has 0 bridgehead atoms. The van der Waals surface area contributed by atoms with Crippen molar-refractivity contribution in [3.8, 4) is 0 Å². The van der Waals surface area contributed by atoms with Gasteiger partial charge in [0, 0.05) is 30.8 Å². The molecule has 2 rings (SSSR count). The first-order valence-corrected chi connectivity index (χ1v) is 8.45. The summed E-state index contributed by atoms with van der Waals surface area (Å²) in [7, 11) is 1.56. The number of hydrogen-bond acceptors (Lipinski definition) is 4. The number of ether oxygens (including phenoxy) is 1. The van der Waals surface area contributed by atoms with Gasteiger partial charge < -0.3 is 20.7 Å². The van der Waals surface area contributed by atoms with Crippen LogP contribution in [-0.4, -0.2) is 44.2 Å². The van der Waals surface area contributed by atoms with Gasteiger partial charge in [0.05, 0.1) is 0 Å². The molecule has 0 spiro atoms. The monoisotopic (exact) mass is 389 g/mol. The van der Waals surface area contributed by atoms with Crippen molar-refractivity contribution in [2.45, 2.75) is 31.8 Å². The Bertz CT molecular complexity index is 605. The second-order valence-corrected chi connectivity index (χ2v) is 6.32. The van der Waals surface area contributed by atoms with Gasteiger partial charge in [0.25, 0.3) is 5.91 Å². The largest absolute Gasteiger partial charge is 0.368 e. The van der Waals surface area contributed by atoms with Gasteiger partial charge >= 0.3 is 0 Å². The van der Waals surface area contributed by atoms with Gasteiger partial charge in [0.1, 0.15) is 5.60 Å². The van der Waals surface area contributed by atoms with Crippen LogP contribution in [0.25, 0.3) is 0 Å². The summed E-state index contributed by atoms with van der Waals surface area (Å²) in [6.45, 7) is 3.60. The molecule has 1 heterocycles. The van der Waals surface area contributed by atoms with Crippen molar-refractivity contribution in [3.05, 3.63) is 28.8 Å². The van der Waals surface area contributed by atoms with Crippen LogP contribution in [0.15, 0.2) is 18.2 Å². The Morgan fingerprint density at radius 1 is 1.32 bits per heavy atom. The van der Waals surface area contributed by atoms with Gasteiger partial charge in [0.15, 0.2) is 0 Å². The molecule has 0 atom stereocenters. The highest BCUT2D eigenvalue weighted by Crippen LogP contribution is 2.23. The smallest absolute Gasteiger partial charge is 0.252 e. The maximum absolute atomic E-state index is 12.4. The van der Waals surface area contributed by atoms with E-state index in [1.165, 1.54) is 0 Å². The fourth-order valence-corrected chi connectivity index (χ4v) is 2.94. The van der Waals surface area contributed by atoms with Crippen LogP contribution in [0.3, 0.4) is 0 Å². The lowest BCUT2D eigenvalue weighted by Crippen LogP contribution is -2.54. The second kappa shape index (κ2) is 9.97. The number of benzene rings is 1. The predicted molar refractivity (Wildman–Crippen MR) is 102 cm³/mol. The Kier molecular flexibility index (Phi) is 8.65. The number of carbonyl (C=O) groups excluding carboxylic acids is 2. The number of piperidine rings is 1. The van der Waals surface area contributed by atoms with Crippen molar-refractivity contribution < 1.29 is 14.3 Å². The number of halogens is 2. The third-order valence-corrected chi connectivity index (χ3v) is 4.80. The number of carbonyl (C=O) groups is 2. The summed E-state index contributed by atoms with van der Waals surface area (Å²) in [6, 6.07) is 5.36. The first kappa shape index (κ1) is 21.7. The van der Waals surface area contributed by atoms with Crippen LogP contribution in [-0.2, 0) is 14.3 Å². The van der Waals surface area contributed by atoms with E-state index in [4.69, 9.17) is 16.3 Å². The summed E-state index contributed by atoms with van der Waals surface area (Å²) in [4.78, 5) is 24.4. The summed E-state index contributed by atoms with van der Waals surface area (Å²) in [5.41, 5.74) is 0.723. The fourth-order valence-electron chi connectivity index (χ4n) is 2.76. The van der Waals surface area contributed by atoms with Crippen LogP contribution in [0.4, 0.5) is 5.69 Å². The zero-order valence-corrected chi connectivity index (χ0v) is 16.1. The fraction of sp³-hybridized carbons (Fsp3) is 0.529. The van der Waals surface area contributed by atoms with E-state index in [2.05, 4.69) is 16.0 Å². The molecule has 2 amide bonds. The number of amides is 2. The third-order valence-electron chi connectivity index (χ3n) is 4.40. The van der Waals surface area contributed by atoms with E-state index in [1.807, 2.05) is 6.92 Å². The highest BCUT2D eigenvalue weighted by atomic mass is 35.5. The van der Waals surface area contributed by atoms with E-state index >= 15 is 0 Å². The normalized spacial score (nSPS) is 15.8. The minimum Gasteiger partial charge on any atom is -0.368 e. The SMILES string of the molecule is COC1(C(=O)NCCC(=O)Nc2cccc(Cl)c2C)CCNCC1.Cl. The molecule has 6 nitrogen and oxygen atoms in total. The number of hydrogen-bond donors (Lipinski definition) is 3. The molecule has 1 aliphatic rings. The summed E-state index contributed by atoms with van der Waals surface area (Å²) in [5.74, 6) is -0.323. The van der Waals surface area contributed by atoms with E-state index < -0.39 is 5.60 Å².